The summed E-state index contributed by atoms with van der Waals surface area (Å²) in [5, 5.41) is 0. The fourth-order valence-corrected chi connectivity index (χ4v) is 2.35. The number of likely N-dealkylation sites (N-methyl/N-ethyl adjacent to an activating group) is 1. The molecule has 14 heavy (non-hydrogen) atoms. The van der Waals surface area contributed by atoms with E-state index in [0.29, 0.717) is 0 Å². The fraction of sp³-hybridized carbons (Fsp3) is 0.500. The van der Waals surface area contributed by atoms with Crippen LogP contribution in [-0.2, 0) is 5.75 Å². The van der Waals surface area contributed by atoms with Gasteiger partial charge in [0.05, 0.1) is 0 Å². The first-order valence-electron chi connectivity index (χ1n) is 5.18. The van der Waals surface area contributed by atoms with E-state index >= 15 is 0 Å². The average molecular weight is 207 g/mol. The van der Waals surface area contributed by atoms with Gasteiger partial charge >= 0.3 is 0 Å². The highest BCUT2D eigenvalue weighted by Gasteiger charge is 2.20. The van der Waals surface area contributed by atoms with Crippen LogP contribution in [0.25, 0.3) is 0 Å². The highest BCUT2D eigenvalue weighted by molar-refractivity contribution is 7.79. The maximum Gasteiger partial charge on any atom is 0.0154 e. The first kappa shape index (κ1) is 10.1. The molecule has 1 saturated heterocycles. The second-order valence-corrected chi connectivity index (χ2v) is 4.47. The smallest absolute Gasteiger partial charge is 0.0154 e. The van der Waals surface area contributed by atoms with Crippen molar-refractivity contribution in [3.63, 3.8) is 0 Å². The van der Waals surface area contributed by atoms with Crippen molar-refractivity contribution in [1.82, 2.24) is 4.90 Å². The summed E-state index contributed by atoms with van der Waals surface area (Å²) in [6, 6.07) is 8.85. The monoisotopic (exact) mass is 207 g/mol. The molecule has 0 aliphatic carbocycles. The number of hydrogen-bond donors (Lipinski definition) is 1. The van der Waals surface area contributed by atoms with Crippen LogP contribution in [0, 0.1) is 0 Å². The Bertz CT molecular complexity index is 311. The molecule has 0 aromatic heterocycles. The molecule has 1 nitrogen and oxygen atoms in total. The van der Waals surface area contributed by atoms with Gasteiger partial charge in [-0.25, -0.2) is 0 Å². The summed E-state index contributed by atoms with van der Waals surface area (Å²) in [6.07, 6.45) is 1.30. The Morgan fingerprint density at radius 2 is 2.36 bits per heavy atom. The summed E-state index contributed by atoms with van der Waals surface area (Å²) in [5.41, 5.74) is 2.82. The molecule has 0 radical (unpaired) electrons. The fourth-order valence-electron chi connectivity index (χ4n) is 2.15. The zero-order chi connectivity index (χ0) is 9.97. The van der Waals surface area contributed by atoms with Gasteiger partial charge in [-0.1, -0.05) is 24.3 Å². The minimum Gasteiger partial charge on any atom is -0.306 e. The van der Waals surface area contributed by atoms with Crippen molar-refractivity contribution in [2.75, 3.05) is 20.1 Å². The molecule has 0 amide bonds. The first-order valence-corrected chi connectivity index (χ1v) is 5.81. The molecule has 1 unspecified atom stereocenters. The first-order chi connectivity index (χ1) is 6.79. The molecule has 76 valence electrons. The Morgan fingerprint density at radius 1 is 1.50 bits per heavy atom. The molecule has 0 saturated carbocycles. The van der Waals surface area contributed by atoms with E-state index in [-0.39, 0.29) is 0 Å². The van der Waals surface area contributed by atoms with Gasteiger partial charge in [-0.3, -0.25) is 0 Å². The normalized spacial score (nSPS) is 22.9. The SMILES string of the molecule is CN1CCC(c2cccc(CS)c2)C1. The van der Waals surface area contributed by atoms with Crippen LogP contribution in [0.1, 0.15) is 23.5 Å². The van der Waals surface area contributed by atoms with Crippen molar-refractivity contribution < 1.29 is 0 Å². The third-order valence-electron chi connectivity index (χ3n) is 3.00. The van der Waals surface area contributed by atoms with Crippen LogP contribution < -0.4 is 0 Å². The summed E-state index contributed by atoms with van der Waals surface area (Å²) in [4.78, 5) is 2.40. The summed E-state index contributed by atoms with van der Waals surface area (Å²) >= 11 is 4.31. The standard InChI is InChI=1S/C12H17NS/c1-13-6-5-12(8-13)11-4-2-3-10(7-11)9-14/h2-4,7,12,14H,5-6,8-9H2,1H3. The van der Waals surface area contributed by atoms with Crippen molar-refractivity contribution >= 4 is 12.6 Å². The van der Waals surface area contributed by atoms with E-state index in [2.05, 4.69) is 48.8 Å². The largest absolute Gasteiger partial charge is 0.306 e. The quantitative estimate of drug-likeness (QED) is 0.729. The summed E-state index contributed by atoms with van der Waals surface area (Å²) < 4.78 is 0. The van der Waals surface area contributed by atoms with Gasteiger partial charge in [0.2, 0.25) is 0 Å². The van der Waals surface area contributed by atoms with E-state index in [1.165, 1.54) is 30.6 Å². The van der Waals surface area contributed by atoms with Gasteiger partial charge < -0.3 is 4.90 Å². The van der Waals surface area contributed by atoms with Crippen molar-refractivity contribution in [3.05, 3.63) is 35.4 Å². The number of likely N-dealkylation sites (tertiary alicyclic amines) is 1. The van der Waals surface area contributed by atoms with E-state index in [1.807, 2.05) is 0 Å². The Kier molecular flexibility index (Phi) is 3.14. The van der Waals surface area contributed by atoms with Crippen LogP contribution in [0.4, 0.5) is 0 Å². The summed E-state index contributed by atoms with van der Waals surface area (Å²) in [5.74, 6) is 1.58. The highest BCUT2D eigenvalue weighted by atomic mass is 32.1. The lowest BCUT2D eigenvalue weighted by atomic mass is 9.97. The number of hydrogen-bond acceptors (Lipinski definition) is 2. The zero-order valence-corrected chi connectivity index (χ0v) is 9.50. The molecular weight excluding hydrogens is 190 g/mol. The van der Waals surface area contributed by atoms with E-state index in [1.54, 1.807) is 0 Å². The number of rotatable bonds is 2. The molecule has 1 aromatic carbocycles. The van der Waals surface area contributed by atoms with Crippen LogP contribution in [0.15, 0.2) is 24.3 Å². The van der Waals surface area contributed by atoms with Crippen molar-refractivity contribution in [2.24, 2.45) is 0 Å². The third kappa shape index (κ3) is 2.12. The maximum atomic E-state index is 4.31. The van der Waals surface area contributed by atoms with Gasteiger partial charge in [-0.05, 0) is 37.1 Å². The lowest BCUT2D eigenvalue weighted by Gasteiger charge is -2.11. The van der Waals surface area contributed by atoms with Crippen LogP contribution in [-0.4, -0.2) is 25.0 Å². The van der Waals surface area contributed by atoms with E-state index < -0.39 is 0 Å². The second-order valence-electron chi connectivity index (χ2n) is 4.15. The number of thiol groups is 1. The molecule has 1 heterocycles. The maximum absolute atomic E-state index is 4.31. The molecule has 0 spiro atoms. The molecule has 0 bridgehead atoms. The zero-order valence-electron chi connectivity index (χ0n) is 8.61. The Morgan fingerprint density at radius 3 is 3.00 bits per heavy atom. The van der Waals surface area contributed by atoms with E-state index in [4.69, 9.17) is 0 Å². The van der Waals surface area contributed by atoms with Crippen molar-refractivity contribution in [1.29, 1.82) is 0 Å². The molecule has 0 N–H and O–H groups in total. The van der Waals surface area contributed by atoms with Gasteiger partial charge in [-0.15, -0.1) is 0 Å². The van der Waals surface area contributed by atoms with Crippen LogP contribution in [0.3, 0.4) is 0 Å². The van der Waals surface area contributed by atoms with Gasteiger partial charge in [-0.2, -0.15) is 12.6 Å². The summed E-state index contributed by atoms with van der Waals surface area (Å²) in [7, 11) is 2.20. The third-order valence-corrected chi connectivity index (χ3v) is 3.36. The summed E-state index contributed by atoms with van der Waals surface area (Å²) in [6.45, 7) is 2.44. The van der Waals surface area contributed by atoms with Gasteiger partial charge in [0.15, 0.2) is 0 Å². The lowest BCUT2D eigenvalue weighted by molar-refractivity contribution is 0.411. The molecule has 1 atom stereocenters. The van der Waals surface area contributed by atoms with Crippen LogP contribution in [0.5, 0.6) is 0 Å². The molecule has 1 aromatic rings. The Labute approximate surface area is 91.5 Å². The molecule has 2 rings (SSSR count). The van der Waals surface area contributed by atoms with E-state index in [0.717, 1.165) is 11.7 Å². The predicted molar refractivity (Wildman–Crippen MR) is 64.0 cm³/mol. The van der Waals surface area contributed by atoms with Crippen molar-refractivity contribution in [3.8, 4) is 0 Å². The molecule has 2 heteroatoms. The van der Waals surface area contributed by atoms with Gasteiger partial charge in [0.1, 0.15) is 0 Å². The van der Waals surface area contributed by atoms with Crippen LogP contribution in [0.2, 0.25) is 0 Å². The Balaban J connectivity index is 2.15. The van der Waals surface area contributed by atoms with E-state index in [9.17, 15) is 0 Å². The molecular formula is C12H17NS. The topological polar surface area (TPSA) is 3.24 Å². The minimum absolute atomic E-state index is 0.736. The molecule has 1 aliphatic heterocycles. The van der Waals surface area contributed by atoms with Gasteiger partial charge in [0, 0.05) is 12.3 Å². The molecule has 1 fully saturated rings. The average Bonchev–Trinajstić information content (AvgIpc) is 2.65. The number of benzene rings is 1. The predicted octanol–water partition coefficient (Wildman–Crippen LogP) is 2.54. The second kappa shape index (κ2) is 4.37. The van der Waals surface area contributed by atoms with Crippen LogP contribution >= 0.6 is 12.6 Å². The van der Waals surface area contributed by atoms with Crippen molar-refractivity contribution in [2.45, 2.75) is 18.1 Å². The Hall–Kier alpha value is -0.470. The highest BCUT2D eigenvalue weighted by Crippen LogP contribution is 2.26. The molecule has 1 aliphatic rings. The number of nitrogens with zero attached hydrogens (tertiary/aromatic N) is 1. The minimum atomic E-state index is 0.736. The lowest BCUT2D eigenvalue weighted by Crippen LogP contribution is -2.13. The van der Waals surface area contributed by atoms with Gasteiger partial charge in [0.25, 0.3) is 0 Å².